The van der Waals surface area contributed by atoms with E-state index in [1.165, 1.54) is 24.3 Å². The summed E-state index contributed by atoms with van der Waals surface area (Å²) >= 11 is 5.76. The first-order chi connectivity index (χ1) is 10.9. The fraction of sp³-hybridized carbons (Fsp3) is 0.562. The molecule has 128 valence electrons. The Labute approximate surface area is 143 Å². The zero-order chi connectivity index (χ0) is 16.9. The smallest absolute Gasteiger partial charge is 0.240 e. The number of nitrogens with zero attached hydrogens (tertiary/aromatic N) is 1. The Balaban J connectivity index is 1.88. The number of piperidine rings is 1. The third kappa shape index (κ3) is 4.93. The molecule has 1 N–H and O–H groups in total. The van der Waals surface area contributed by atoms with Crippen molar-refractivity contribution in [3.8, 4) is 0 Å². The van der Waals surface area contributed by atoms with Gasteiger partial charge in [-0.05, 0) is 49.9 Å². The predicted molar refractivity (Wildman–Crippen MR) is 90.9 cm³/mol. The number of rotatable bonds is 6. The van der Waals surface area contributed by atoms with Crippen LogP contribution in [0.3, 0.4) is 0 Å². The van der Waals surface area contributed by atoms with Crippen LogP contribution in [0.15, 0.2) is 29.2 Å². The molecule has 0 bridgehead atoms. The number of carbonyl (C=O) groups is 1. The minimum absolute atomic E-state index is 0.0235. The van der Waals surface area contributed by atoms with E-state index in [0.717, 1.165) is 32.2 Å². The number of benzene rings is 1. The molecule has 0 spiro atoms. The van der Waals surface area contributed by atoms with Gasteiger partial charge in [0.05, 0.1) is 4.90 Å². The Morgan fingerprint density at radius 1 is 1.30 bits per heavy atom. The Morgan fingerprint density at radius 3 is 2.65 bits per heavy atom. The molecular weight excluding hydrogens is 336 g/mol. The van der Waals surface area contributed by atoms with E-state index in [2.05, 4.69) is 11.6 Å². The summed E-state index contributed by atoms with van der Waals surface area (Å²) in [6.45, 7) is 2.97. The predicted octanol–water partition coefficient (Wildman–Crippen LogP) is 2.80. The maximum absolute atomic E-state index is 12.3. The molecule has 2 rings (SSSR count). The van der Waals surface area contributed by atoms with E-state index in [0.29, 0.717) is 11.1 Å². The fourth-order valence-corrected chi connectivity index (χ4v) is 4.04. The second kappa shape index (κ2) is 8.13. The number of carbonyl (C=O) groups excluding carboxylic acids is 1. The maximum Gasteiger partial charge on any atom is 0.240 e. The van der Waals surface area contributed by atoms with Crippen molar-refractivity contribution in [1.82, 2.24) is 9.62 Å². The van der Waals surface area contributed by atoms with E-state index in [9.17, 15) is 13.2 Å². The van der Waals surface area contributed by atoms with Gasteiger partial charge in [-0.25, -0.2) is 13.1 Å². The fourth-order valence-electron chi connectivity index (χ4n) is 2.89. The summed E-state index contributed by atoms with van der Waals surface area (Å²) in [4.78, 5) is 14.4. The monoisotopic (exact) mass is 358 g/mol. The lowest BCUT2D eigenvalue weighted by molar-refractivity contribution is -0.134. The molecule has 0 radical (unpaired) electrons. The van der Waals surface area contributed by atoms with Gasteiger partial charge in [0.1, 0.15) is 0 Å². The zero-order valence-electron chi connectivity index (χ0n) is 13.3. The minimum Gasteiger partial charge on any atom is -0.340 e. The Hall–Kier alpha value is -1.11. The van der Waals surface area contributed by atoms with E-state index in [1.54, 1.807) is 0 Å². The first-order valence-corrected chi connectivity index (χ1v) is 9.85. The maximum atomic E-state index is 12.3. The van der Waals surface area contributed by atoms with Gasteiger partial charge in [0, 0.05) is 30.6 Å². The van der Waals surface area contributed by atoms with Gasteiger partial charge in [-0.2, -0.15) is 0 Å². The Kier molecular flexibility index (Phi) is 6.44. The second-order valence-electron chi connectivity index (χ2n) is 5.75. The van der Waals surface area contributed by atoms with Crippen LogP contribution in [-0.2, 0) is 14.8 Å². The standard InChI is InChI=1S/C16H23ClN2O3S/c1-2-14-5-3-4-12-19(14)16(20)10-11-18-23(21,22)15-8-6-13(17)7-9-15/h6-9,14,18H,2-5,10-12H2,1H3. The molecule has 0 aliphatic carbocycles. The van der Waals surface area contributed by atoms with Gasteiger partial charge in [-0.3, -0.25) is 4.79 Å². The topological polar surface area (TPSA) is 66.5 Å². The van der Waals surface area contributed by atoms with Crippen molar-refractivity contribution < 1.29 is 13.2 Å². The number of nitrogens with one attached hydrogen (secondary N) is 1. The molecule has 1 aliphatic heterocycles. The van der Waals surface area contributed by atoms with Crippen LogP contribution >= 0.6 is 11.6 Å². The van der Waals surface area contributed by atoms with Crippen LogP contribution in [0.2, 0.25) is 5.02 Å². The summed E-state index contributed by atoms with van der Waals surface area (Å²) in [5.74, 6) is 0.0235. The summed E-state index contributed by atoms with van der Waals surface area (Å²) in [6, 6.07) is 6.25. The molecule has 5 nitrogen and oxygen atoms in total. The number of hydrogen-bond donors (Lipinski definition) is 1. The first kappa shape index (κ1) is 18.2. The molecule has 1 unspecified atom stereocenters. The highest BCUT2D eigenvalue weighted by Gasteiger charge is 2.25. The van der Waals surface area contributed by atoms with Gasteiger partial charge in [0.2, 0.25) is 15.9 Å². The third-order valence-corrected chi connectivity index (χ3v) is 5.90. The van der Waals surface area contributed by atoms with Crippen molar-refractivity contribution in [1.29, 1.82) is 0 Å². The van der Waals surface area contributed by atoms with Crippen LogP contribution in [0.5, 0.6) is 0 Å². The second-order valence-corrected chi connectivity index (χ2v) is 7.95. The van der Waals surface area contributed by atoms with Gasteiger partial charge in [-0.15, -0.1) is 0 Å². The normalized spacial score (nSPS) is 18.9. The zero-order valence-corrected chi connectivity index (χ0v) is 14.9. The van der Waals surface area contributed by atoms with Crippen molar-refractivity contribution in [3.05, 3.63) is 29.3 Å². The summed E-state index contributed by atoms with van der Waals surface area (Å²) < 4.78 is 26.8. The highest BCUT2D eigenvalue weighted by molar-refractivity contribution is 7.89. The highest BCUT2D eigenvalue weighted by atomic mass is 35.5. The quantitative estimate of drug-likeness (QED) is 0.850. The van der Waals surface area contributed by atoms with Crippen molar-refractivity contribution in [2.45, 2.75) is 50.0 Å². The summed E-state index contributed by atoms with van der Waals surface area (Å²) in [5, 5.41) is 0.481. The van der Waals surface area contributed by atoms with E-state index in [4.69, 9.17) is 11.6 Å². The van der Waals surface area contributed by atoms with Crippen LogP contribution in [0.4, 0.5) is 0 Å². The first-order valence-electron chi connectivity index (χ1n) is 7.98. The Bertz CT molecular complexity index is 631. The van der Waals surface area contributed by atoms with Crippen LogP contribution in [0.1, 0.15) is 39.0 Å². The molecule has 1 aliphatic rings. The number of amides is 1. The van der Waals surface area contributed by atoms with Gasteiger partial charge < -0.3 is 4.90 Å². The number of hydrogen-bond acceptors (Lipinski definition) is 3. The van der Waals surface area contributed by atoms with Gasteiger partial charge in [-0.1, -0.05) is 18.5 Å². The van der Waals surface area contributed by atoms with E-state index < -0.39 is 10.0 Å². The molecule has 1 atom stereocenters. The lowest BCUT2D eigenvalue weighted by Crippen LogP contribution is -2.44. The molecule has 1 amide bonds. The summed E-state index contributed by atoms with van der Waals surface area (Å²) in [7, 11) is -3.60. The van der Waals surface area contributed by atoms with Crippen LogP contribution in [0.25, 0.3) is 0 Å². The van der Waals surface area contributed by atoms with Crippen LogP contribution in [-0.4, -0.2) is 38.4 Å². The Morgan fingerprint density at radius 2 is 2.00 bits per heavy atom. The largest absolute Gasteiger partial charge is 0.340 e. The number of sulfonamides is 1. The van der Waals surface area contributed by atoms with Gasteiger partial charge >= 0.3 is 0 Å². The minimum atomic E-state index is -3.60. The lowest BCUT2D eigenvalue weighted by atomic mass is 9.99. The average molecular weight is 359 g/mol. The summed E-state index contributed by atoms with van der Waals surface area (Å²) in [6.07, 6.45) is 4.36. The molecule has 1 heterocycles. The average Bonchev–Trinajstić information content (AvgIpc) is 2.55. The van der Waals surface area contributed by atoms with Crippen molar-refractivity contribution >= 4 is 27.5 Å². The van der Waals surface area contributed by atoms with E-state index in [-0.39, 0.29) is 23.8 Å². The molecular formula is C16H23ClN2O3S. The number of halogens is 1. The summed E-state index contributed by atoms with van der Waals surface area (Å²) in [5.41, 5.74) is 0. The molecule has 0 aromatic heterocycles. The molecule has 23 heavy (non-hydrogen) atoms. The SMILES string of the molecule is CCC1CCCCN1C(=O)CCNS(=O)(=O)c1ccc(Cl)cc1. The third-order valence-electron chi connectivity index (χ3n) is 4.17. The lowest BCUT2D eigenvalue weighted by Gasteiger charge is -2.35. The van der Waals surface area contributed by atoms with E-state index in [1.807, 2.05) is 4.90 Å². The van der Waals surface area contributed by atoms with Crippen molar-refractivity contribution in [3.63, 3.8) is 0 Å². The van der Waals surface area contributed by atoms with Gasteiger partial charge in [0.15, 0.2) is 0 Å². The van der Waals surface area contributed by atoms with E-state index >= 15 is 0 Å². The molecule has 7 heteroatoms. The molecule has 1 aromatic rings. The van der Waals surface area contributed by atoms with Gasteiger partial charge in [0.25, 0.3) is 0 Å². The molecule has 0 saturated carbocycles. The number of likely N-dealkylation sites (tertiary alicyclic amines) is 1. The molecule has 1 fully saturated rings. The van der Waals surface area contributed by atoms with Crippen LogP contribution < -0.4 is 4.72 Å². The van der Waals surface area contributed by atoms with Crippen LogP contribution in [0, 0.1) is 0 Å². The highest BCUT2D eigenvalue weighted by Crippen LogP contribution is 2.20. The molecule has 1 saturated heterocycles. The van der Waals surface area contributed by atoms with Crippen molar-refractivity contribution in [2.24, 2.45) is 0 Å². The van der Waals surface area contributed by atoms with Crippen molar-refractivity contribution in [2.75, 3.05) is 13.1 Å². The molecule has 1 aromatic carbocycles.